The van der Waals surface area contributed by atoms with Gasteiger partial charge in [-0.2, -0.15) is 0 Å². The third kappa shape index (κ3) is 2.66. The van der Waals surface area contributed by atoms with Crippen LogP contribution in [0.2, 0.25) is 0 Å². The van der Waals surface area contributed by atoms with Crippen LogP contribution < -0.4 is 5.43 Å². The molecule has 0 aromatic heterocycles. The third-order valence-electron chi connectivity index (χ3n) is 3.40. The first-order chi connectivity index (χ1) is 9.33. The molecule has 0 bridgehead atoms. The molecule has 0 aliphatic carbocycles. The van der Waals surface area contributed by atoms with Gasteiger partial charge >= 0.3 is 0 Å². The average molecular weight is 252 g/mol. The van der Waals surface area contributed by atoms with Gasteiger partial charge in [0, 0.05) is 13.0 Å². The Hall–Kier alpha value is -2.13. The Morgan fingerprint density at radius 3 is 2.32 bits per heavy atom. The molecular weight excluding hydrogens is 236 g/mol. The number of rotatable bonds is 3. The van der Waals surface area contributed by atoms with E-state index in [4.69, 9.17) is 0 Å². The minimum absolute atomic E-state index is 0.0878. The van der Waals surface area contributed by atoms with Crippen molar-refractivity contribution < 1.29 is 4.79 Å². The Labute approximate surface area is 112 Å². The van der Waals surface area contributed by atoms with Crippen molar-refractivity contribution in [2.24, 2.45) is 0 Å². The first kappa shape index (κ1) is 11.9. The van der Waals surface area contributed by atoms with Gasteiger partial charge in [-0.3, -0.25) is 10.2 Å². The van der Waals surface area contributed by atoms with Gasteiger partial charge in [-0.15, -0.1) is 0 Å². The lowest BCUT2D eigenvalue weighted by Gasteiger charge is -2.23. The Bertz CT molecular complexity index is 553. The van der Waals surface area contributed by atoms with Crippen LogP contribution in [0.4, 0.5) is 0 Å². The van der Waals surface area contributed by atoms with Gasteiger partial charge in [-0.25, -0.2) is 5.01 Å². The molecule has 1 aliphatic rings. The quantitative estimate of drug-likeness (QED) is 0.910. The molecule has 1 fully saturated rings. The molecular formula is C16H16N2O. The van der Waals surface area contributed by atoms with Gasteiger partial charge < -0.3 is 0 Å². The highest BCUT2D eigenvalue weighted by molar-refractivity contribution is 5.78. The molecule has 1 saturated heterocycles. The van der Waals surface area contributed by atoms with Crippen LogP contribution >= 0.6 is 0 Å². The van der Waals surface area contributed by atoms with Crippen molar-refractivity contribution >= 4 is 5.91 Å². The zero-order valence-corrected chi connectivity index (χ0v) is 10.6. The summed E-state index contributed by atoms with van der Waals surface area (Å²) in [7, 11) is 0. The van der Waals surface area contributed by atoms with E-state index in [1.165, 1.54) is 11.1 Å². The molecule has 0 saturated carbocycles. The van der Waals surface area contributed by atoms with E-state index in [0.29, 0.717) is 6.42 Å². The number of benzene rings is 2. The van der Waals surface area contributed by atoms with E-state index in [1.807, 2.05) is 41.4 Å². The van der Waals surface area contributed by atoms with E-state index < -0.39 is 0 Å². The van der Waals surface area contributed by atoms with Crippen molar-refractivity contribution in [2.45, 2.75) is 19.0 Å². The highest BCUT2D eigenvalue weighted by Gasteiger charge is 2.31. The number of hydrazine groups is 1. The first-order valence-electron chi connectivity index (χ1n) is 6.48. The molecule has 0 spiro atoms. The van der Waals surface area contributed by atoms with Crippen LogP contribution in [0.1, 0.15) is 23.6 Å². The minimum Gasteiger partial charge on any atom is -0.288 e. The molecule has 3 heteroatoms. The molecule has 96 valence electrons. The second kappa shape index (κ2) is 5.24. The molecule has 0 radical (unpaired) electrons. The van der Waals surface area contributed by atoms with E-state index in [9.17, 15) is 4.79 Å². The largest absolute Gasteiger partial charge is 0.288 e. The number of nitrogens with one attached hydrogen (secondary N) is 1. The minimum atomic E-state index is 0.0878. The zero-order valence-electron chi connectivity index (χ0n) is 10.6. The van der Waals surface area contributed by atoms with Crippen LogP contribution in [-0.2, 0) is 11.3 Å². The molecule has 3 nitrogen and oxygen atoms in total. The predicted molar refractivity (Wildman–Crippen MR) is 73.9 cm³/mol. The number of amides is 1. The molecule has 2 aromatic rings. The molecule has 3 rings (SSSR count). The van der Waals surface area contributed by atoms with Gasteiger partial charge in [-0.1, -0.05) is 60.7 Å². The standard InChI is InChI=1S/C16H16N2O/c19-16-11-15(14-9-5-2-6-10-14)18(17-16)12-13-7-3-1-4-8-13/h1-10,15H,11-12H2,(H,17,19)/t15-/m0/s1. The maximum atomic E-state index is 11.7. The summed E-state index contributed by atoms with van der Waals surface area (Å²) in [5, 5.41) is 2.02. The van der Waals surface area contributed by atoms with Gasteiger partial charge in [-0.05, 0) is 11.1 Å². The predicted octanol–water partition coefficient (Wildman–Crippen LogP) is 2.66. The average Bonchev–Trinajstić information content (AvgIpc) is 2.82. The lowest BCUT2D eigenvalue weighted by molar-refractivity contribution is -0.121. The number of nitrogens with zero attached hydrogens (tertiary/aromatic N) is 1. The smallest absolute Gasteiger partial charge is 0.236 e. The van der Waals surface area contributed by atoms with Gasteiger partial charge in [0.25, 0.3) is 0 Å². The second-order valence-electron chi connectivity index (χ2n) is 4.78. The molecule has 1 atom stereocenters. The molecule has 1 amide bonds. The Morgan fingerprint density at radius 2 is 1.63 bits per heavy atom. The van der Waals surface area contributed by atoms with Gasteiger partial charge in [0.05, 0.1) is 6.04 Å². The fourth-order valence-corrected chi connectivity index (χ4v) is 2.47. The lowest BCUT2D eigenvalue weighted by atomic mass is 10.0. The number of hydrogen-bond donors (Lipinski definition) is 1. The summed E-state index contributed by atoms with van der Waals surface area (Å²) in [5.41, 5.74) is 5.32. The van der Waals surface area contributed by atoms with Gasteiger partial charge in [0.1, 0.15) is 0 Å². The van der Waals surface area contributed by atoms with E-state index in [0.717, 1.165) is 6.54 Å². The van der Waals surface area contributed by atoms with Gasteiger partial charge in [0.15, 0.2) is 0 Å². The van der Waals surface area contributed by atoms with Crippen LogP contribution in [0.3, 0.4) is 0 Å². The maximum absolute atomic E-state index is 11.7. The topological polar surface area (TPSA) is 32.3 Å². The first-order valence-corrected chi connectivity index (χ1v) is 6.48. The van der Waals surface area contributed by atoms with Crippen LogP contribution in [0.15, 0.2) is 60.7 Å². The van der Waals surface area contributed by atoms with Crippen LogP contribution in [0.25, 0.3) is 0 Å². The summed E-state index contributed by atoms with van der Waals surface area (Å²) in [6, 6.07) is 20.5. The summed E-state index contributed by atoms with van der Waals surface area (Å²) in [5.74, 6) is 0.0878. The van der Waals surface area contributed by atoms with E-state index in [2.05, 4.69) is 29.7 Å². The number of hydrogen-bond acceptors (Lipinski definition) is 2. The molecule has 1 heterocycles. The van der Waals surface area contributed by atoms with Crippen LogP contribution in [0, 0.1) is 0 Å². The fraction of sp³-hybridized carbons (Fsp3) is 0.188. The van der Waals surface area contributed by atoms with Crippen LogP contribution in [-0.4, -0.2) is 10.9 Å². The fourth-order valence-electron chi connectivity index (χ4n) is 2.47. The summed E-state index contributed by atoms with van der Waals surface area (Å²) >= 11 is 0. The third-order valence-corrected chi connectivity index (χ3v) is 3.40. The lowest BCUT2D eigenvalue weighted by Crippen LogP contribution is -2.34. The van der Waals surface area contributed by atoms with Crippen molar-refractivity contribution in [1.82, 2.24) is 10.4 Å². The molecule has 0 unspecified atom stereocenters. The Morgan fingerprint density at radius 1 is 1.00 bits per heavy atom. The number of carbonyl (C=O) groups is 1. The SMILES string of the molecule is O=C1C[C@@H](c2ccccc2)N(Cc2ccccc2)N1. The van der Waals surface area contributed by atoms with E-state index >= 15 is 0 Å². The van der Waals surface area contributed by atoms with E-state index in [1.54, 1.807) is 0 Å². The van der Waals surface area contributed by atoms with Gasteiger partial charge in [0.2, 0.25) is 5.91 Å². The summed E-state index contributed by atoms with van der Waals surface area (Å²) in [6.45, 7) is 0.728. The molecule has 1 N–H and O–H groups in total. The summed E-state index contributed by atoms with van der Waals surface area (Å²) in [4.78, 5) is 11.7. The van der Waals surface area contributed by atoms with Crippen molar-refractivity contribution in [1.29, 1.82) is 0 Å². The van der Waals surface area contributed by atoms with Crippen molar-refractivity contribution in [2.75, 3.05) is 0 Å². The molecule has 1 aliphatic heterocycles. The van der Waals surface area contributed by atoms with E-state index in [-0.39, 0.29) is 11.9 Å². The zero-order chi connectivity index (χ0) is 13.1. The highest BCUT2D eigenvalue weighted by Crippen LogP contribution is 2.28. The van der Waals surface area contributed by atoms with Crippen molar-refractivity contribution in [3.63, 3.8) is 0 Å². The summed E-state index contributed by atoms with van der Waals surface area (Å²) < 4.78 is 0. The van der Waals surface area contributed by atoms with Crippen molar-refractivity contribution in [3.8, 4) is 0 Å². The highest BCUT2D eigenvalue weighted by atomic mass is 16.2. The molecule has 2 aromatic carbocycles. The Kier molecular flexibility index (Phi) is 3.29. The normalized spacial score (nSPS) is 19.4. The second-order valence-corrected chi connectivity index (χ2v) is 4.78. The van der Waals surface area contributed by atoms with Crippen LogP contribution in [0.5, 0.6) is 0 Å². The maximum Gasteiger partial charge on any atom is 0.236 e. The Balaban J connectivity index is 1.81. The monoisotopic (exact) mass is 252 g/mol. The summed E-state index contributed by atoms with van der Waals surface area (Å²) in [6.07, 6.45) is 0.525. The van der Waals surface area contributed by atoms with Crippen molar-refractivity contribution in [3.05, 3.63) is 71.8 Å². The molecule has 19 heavy (non-hydrogen) atoms. The number of carbonyl (C=O) groups excluding carboxylic acids is 1.